The molecule has 0 unspecified atom stereocenters. The van der Waals surface area contributed by atoms with E-state index >= 15 is 0 Å². The highest BCUT2D eigenvalue weighted by molar-refractivity contribution is 5.30. The Bertz CT molecular complexity index is 391. The number of hydrogen-bond acceptors (Lipinski definition) is 2. The van der Waals surface area contributed by atoms with Crippen LogP contribution in [0.1, 0.15) is 31.7 Å². The lowest BCUT2D eigenvalue weighted by Gasteiger charge is -2.31. The van der Waals surface area contributed by atoms with Crippen LogP contribution in [0.15, 0.2) is 12.1 Å². The van der Waals surface area contributed by atoms with Gasteiger partial charge in [-0.2, -0.15) is 0 Å². The second-order valence-electron chi connectivity index (χ2n) is 5.04. The van der Waals surface area contributed by atoms with E-state index in [0.717, 1.165) is 31.8 Å². The van der Waals surface area contributed by atoms with Gasteiger partial charge in [-0.1, -0.05) is 13.3 Å². The molecule has 1 heterocycles. The first-order valence-corrected chi connectivity index (χ1v) is 6.49. The second kappa shape index (κ2) is 5.65. The first-order valence-electron chi connectivity index (χ1n) is 6.49. The van der Waals surface area contributed by atoms with Crippen LogP contribution in [-0.4, -0.2) is 23.1 Å². The van der Waals surface area contributed by atoms with Gasteiger partial charge >= 0.3 is 0 Å². The zero-order valence-electron chi connectivity index (χ0n) is 10.6. The molecule has 2 nitrogen and oxygen atoms in total. The fourth-order valence-corrected chi connectivity index (χ4v) is 2.52. The van der Waals surface area contributed by atoms with Gasteiger partial charge < -0.3 is 5.11 Å². The molecule has 1 N–H and O–H groups in total. The van der Waals surface area contributed by atoms with Crippen LogP contribution in [0.5, 0.6) is 5.75 Å². The topological polar surface area (TPSA) is 23.5 Å². The molecule has 0 bridgehead atoms. The summed E-state index contributed by atoms with van der Waals surface area (Å²) in [7, 11) is 0. The zero-order chi connectivity index (χ0) is 13.1. The van der Waals surface area contributed by atoms with Crippen molar-refractivity contribution in [2.24, 2.45) is 5.92 Å². The van der Waals surface area contributed by atoms with Crippen LogP contribution in [0.25, 0.3) is 0 Å². The largest absolute Gasteiger partial charge is 0.503 e. The van der Waals surface area contributed by atoms with Gasteiger partial charge in [0.25, 0.3) is 0 Å². The lowest BCUT2D eigenvalue weighted by atomic mass is 9.94. The number of rotatable bonds is 3. The van der Waals surface area contributed by atoms with Gasteiger partial charge in [0.15, 0.2) is 17.4 Å². The van der Waals surface area contributed by atoms with Gasteiger partial charge in [0.05, 0.1) is 0 Å². The van der Waals surface area contributed by atoms with Gasteiger partial charge in [0, 0.05) is 6.54 Å². The predicted molar refractivity (Wildman–Crippen MR) is 66.3 cm³/mol. The van der Waals surface area contributed by atoms with Gasteiger partial charge in [-0.25, -0.2) is 8.78 Å². The molecule has 1 saturated heterocycles. The van der Waals surface area contributed by atoms with Crippen LogP contribution < -0.4 is 0 Å². The van der Waals surface area contributed by atoms with E-state index in [0.29, 0.717) is 12.1 Å². The molecule has 1 aromatic rings. The molecule has 0 saturated carbocycles. The number of likely N-dealkylation sites (tertiary alicyclic amines) is 1. The number of aromatic hydroxyl groups is 1. The summed E-state index contributed by atoms with van der Waals surface area (Å²) in [6, 6.07) is 2.43. The van der Waals surface area contributed by atoms with Crippen LogP contribution in [0.3, 0.4) is 0 Å². The molecule has 1 aliphatic rings. The zero-order valence-corrected chi connectivity index (χ0v) is 10.6. The van der Waals surface area contributed by atoms with E-state index in [1.54, 1.807) is 0 Å². The summed E-state index contributed by atoms with van der Waals surface area (Å²) >= 11 is 0. The van der Waals surface area contributed by atoms with E-state index in [1.807, 2.05) is 0 Å². The third kappa shape index (κ3) is 2.99. The van der Waals surface area contributed by atoms with E-state index in [9.17, 15) is 8.78 Å². The van der Waals surface area contributed by atoms with Crippen molar-refractivity contribution in [1.29, 1.82) is 0 Å². The Morgan fingerprint density at radius 2 is 1.78 bits per heavy atom. The molecule has 4 heteroatoms. The molecule has 0 spiro atoms. The Balaban J connectivity index is 1.98. The molecule has 18 heavy (non-hydrogen) atoms. The number of hydrogen-bond donors (Lipinski definition) is 1. The van der Waals surface area contributed by atoms with Crippen molar-refractivity contribution in [2.45, 2.75) is 32.7 Å². The summed E-state index contributed by atoms with van der Waals surface area (Å²) in [5.74, 6) is -1.86. The van der Waals surface area contributed by atoms with Crippen LogP contribution in [0.4, 0.5) is 8.78 Å². The van der Waals surface area contributed by atoms with Crippen molar-refractivity contribution in [1.82, 2.24) is 4.90 Å². The van der Waals surface area contributed by atoms with Gasteiger partial charge in [-0.15, -0.1) is 0 Å². The lowest BCUT2D eigenvalue weighted by molar-refractivity contribution is 0.174. The average Bonchev–Trinajstić information content (AvgIpc) is 2.37. The molecule has 1 fully saturated rings. The van der Waals surface area contributed by atoms with Crippen LogP contribution in [-0.2, 0) is 6.54 Å². The van der Waals surface area contributed by atoms with E-state index in [4.69, 9.17) is 5.11 Å². The Hall–Kier alpha value is -1.16. The molecule has 100 valence electrons. The van der Waals surface area contributed by atoms with Crippen LogP contribution in [0.2, 0.25) is 0 Å². The van der Waals surface area contributed by atoms with E-state index in [1.165, 1.54) is 18.6 Å². The Morgan fingerprint density at radius 3 is 2.28 bits per heavy atom. The third-order valence-electron chi connectivity index (χ3n) is 3.77. The van der Waals surface area contributed by atoms with Crippen molar-refractivity contribution in [3.8, 4) is 5.75 Å². The van der Waals surface area contributed by atoms with Gasteiger partial charge in [0.1, 0.15) is 0 Å². The molecule has 0 radical (unpaired) electrons. The highest BCUT2D eigenvalue weighted by Crippen LogP contribution is 2.24. The number of nitrogens with zero attached hydrogens (tertiary/aromatic N) is 1. The van der Waals surface area contributed by atoms with Crippen LogP contribution in [0, 0.1) is 17.6 Å². The second-order valence-corrected chi connectivity index (χ2v) is 5.04. The highest BCUT2D eigenvalue weighted by atomic mass is 19.1. The number of phenols is 1. The summed E-state index contributed by atoms with van der Waals surface area (Å²) in [6.45, 7) is 4.70. The summed E-state index contributed by atoms with van der Waals surface area (Å²) in [5.41, 5.74) is 0.581. The molecular weight excluding hydrogens is 236 g/mol. The minimum atomic E-state index is -0.886. The maximum atomic E-state index is 13.2. The fraction of sp³-hybridized carbons (Fsp3) is 0.571. The Kier molecular flexibility index (Phi) is 4.17. The van der Waals surface area contributed by atoms with E-state index in [-0.39, 0.29) is 0 Å². The molecule has 0 aromatic heterocycles. The van der Waals surface area contributed by atoms with Crippen molar-refractivity contribution in [3.63, 3.8) is 0 Å². The van der Waals surface area contributed by atoms with Crippen molar-refractivity contribution in [3.05, 3.63) is 29.3 Å². The smallest absolute Gasteiger partial charge is 0.187 e. The first kappa shape index (κ1) is 13.3. The van der Waals surface area contributed by atoms with E-state index in [2.05, 4.69) is 11.8 Å². The fourth-order valence-electron chi connectivity index (χ4n) is 2.52. The number of benzene rings is 1. The summed E-state index contributed by atoms with van der Waals surface area (Å²) in [5, 5.41) is 9.04. The van der Waals surface area contributed by atoms with Gasteiger partial charge in [-0.3, -0.25) is 4.90 Å². The number of halogens is 2. The lowest BCUT2D eigenvalue weighted by Crippen LogP contribution is -2.33. The van der Waals surface area contributed by atoms with Gasteiger partial charge in [-0.05, 0) is 49.5 Å². The first-order chi connectivity index (χ1) is 8.60. The monoisotopic (exact) mass is 255 g/mol. The molecule has 0 atom stereocenters. The molecule has 2 rings (SSSR count). The normalized spacial score (nSPS) is 18.2. The average molecular weight is 255 g/mol. The van der Waals surface area contributed by atoms with Crippen molar-refractivity contribution >= 4 is 0 Å². The molecule has 0 amide bonds. The minimum Gasteiger partial charge on any atom is -0.503 e. The standard InChI is InChI=1S/C14H19F2NO/c1-2-10-3-5-17(6-4-10)9-11-7-12(15)14(18)13(16)8-11/h7-8,10,18H,2-6,9H2,1H3. The Morgan fingerprint density at radius 1 is 1.22 bits per heavy atom. The molecule has 1 aliphatic heterocycles. The van der Waals surface area contributed by atoms with Crippen molar-refractivity contribution in [2.75, 3.05) is 13.1 Å². The summed E-state index contributed by atoms with van der Waals surface area (Å²) < 4.78 is 26.4. The highest BCUT2D eigenvalue weighted by Gasteiger charge is 2.18. The quantitative estimate of drug-likeness (QED) is 0.895. The minimum absolute atomic E-state index is 0.546. The number of phenolic OH excluding ortho intramolecular Hbond substituents is 1. The molecule has 0 aliphatic carbocycles. The van der Waals surface area contributed by atoms with E-state index < -0.39 is 17.4 Å². The third-order valence-corrected chi connectivity index (χ3v) is 3.77. The summed E-state index contributed by atoms with van der Waals surface area (Å²) in [6.07, 6.45) is 3.51. The van der Waals surface area contributed by atoms with Crippen LogP contribution >= 0.6 is 0 Å². The maximum Gasteiger partial charge on any atom is 0.187 e. The number of piperidine rings is 1. The molecular formula is C14H19F2NO. The van der Waals surface area contributed by atoms with Gasteiger partial charge in [0.2, 0.25) is 0 Å². The summed E-state index contributed by atoms with van der Waals surface area (Å²) in [4.78, 5) is 2.21. The van der Waals surface area contributed by atoms with Crippen molar-refractivity contribution < 1.29 is 13.9 Å². The Labute approximate surface area is 106 Å². The predicted octanol–water partition coefficient (Wildman–Crippen LogP) is 3.29. The maximum absolute atomic E-state index is 13.2. The SMILES string of the molecule is CCC1CCN(Cc2cc(F)c(O)c(F)c2)CC1. The molecule has 1 aromatic carbocycles.